The van der Waals surface area contributed by atoms with Crippen LogP contribution in [0.25, 0.3) is 0 Å². The molecule has 1 aromatic rings. The summed E-state index contributed by atoms with van der Waals surface area (Å²) in [5, 5.41) is 10.6. The number of likely N-dealkylation sites (tertiary alicyclic amines) is 1. The van der Waals surface area contributed by atoms with E-state index in [0.29, 0.717) is 13.1 Å². The zero-order valence-electron chi connectivity index (χ0n) is 12.3. The molecule has 1 aliphatic heterocycles. The average Bonchev–Trinajstić information content (AvgIpc) is 2.58. The topological polar surface area (TPSA) is 63.5 Å². The lowest BCUT2D eigenvalue weighted by molar-refractivity contribution is -0.387. The van der Waals surface area contributed by atoms with E-state index in [-0.39, 0.29) is 16.9 Å². The second kappa shape index (κ2) is 5.79. The molecule has 21 heavy (non-hydrogen) atoms. The van der Waals surface area contributed by atoms with Crippen molar-refractivity contribution in [2.24, 2.45) is 5.41 Å². The van der Waals surface area contributed by atoms with Crippen LogP contribution in [0, 0.1) is 21.3 Å². The third kappa shape index (κ3) is 3.56. The van der Waals surface area contributed by atoms with Gasteiger partial charge in [-0.1, -0.05) is 13.8 Å². The van der Waals surface area contributed by atoms with Crippen molar-refractivity contribution in [3.63, 3.8) is 0 Å². The first-order valence-electron chi connectivity index (χ1n) is 7.03. The van der Waals surface area contributed by atoms with Crippen LogP contribution in [0.2, 0.25) is 0 Å². The monoisotopic (exact) mass is 294 g/mol. The Hall–Kier alpha value is -1.98. The van der Waals surface area contributed by atoms with E-state index in [2.05, 4.69) is 13.8 Å². The summed E-state index contributed by atoms with van der Waals surface area (Å²) in [5.74, 6) is -1.23. The summed E-state index contributed by atoms with van der Waals surface area (Å²) >= 11 is 0. The van der Waals surface area contributed by atoms with Crippen LogP contribution in [0.5, 0.6) is 0 Å². The van der Waals surface area contributed by atoms with E-state index in [1.165, 1.54) is 6.07 Å². The molecule has 0 N–H and O–H groups in total. The summed E-state index contributed by atoms with van der Waals surface area (Å²) in [4.78, 5) is 23.9. The van der Waals surface area contributed by atoms with Gasteiger partial charge in [0.05, 0.1) is 4.92 Å². The molecule has 0 radical (unpaired) electrons. The number of hydrogen-bond donors (Lipinski definition) is 0. The predicted molar refractivity (Wildman–Crippen MR) is 76.6 cm³/mol. The SMILES string of the molecule is CC1(C)CCCN(C(=O)c2ccc([N+](=O)[O-])c(F)c2)CC1. The van der Waals surface area contributed by atoms with Crippen molar-refractivity contribution in [2.45, 2.75) is 33.1 Å². The van der Waals surface area contributed by atoms with Crippen molar-refractivity contribution in [1.29, 1.82) is 0 Å². The predicted octanol–water partition coefficient (Wildman–Crippen LogP) is 3.39. The van der Waals surface area contributed by atoms with E-state index in [0.717, 1.165) is 31.4 Å². The number of nitro groups is 1. The molecule has 0 aromatic heterocycles. The Morgan fingerprint density at radius 2 is 2.05 bits per heavy atom. The highest BCUT2D eigenvalue weighted by atomic mass is 19.1. The summed E-state index contributed by atoms with van der Waals surface area (Å²) in [6, 6.07) is 3.32. The molecule has 1 saturated heterocycles. The van der Waals surface area contributed by atoms with Crippen LogP contribution in [-0.2, 0) is 0 Å². The van der Waals surface area contributed by atoms with Crippen molar-refractivity contribution in [3.05, 3.63) is 39.7 Å². The molecular formula is C15H19FN2O3. The Bertz CT molecular complexity index is 572. The van der Waals surface area contributed by atoms with Crippen LogP contribution < -0.4 is 0 Å². The second-order valence-electron chi connectivity index (χ2n) is 6.23. The fourth-order valence-corrected chi connectivity index (χ4v) is 2.60. The lowest BCUT2D eigenvalue weighted by Crippen LogP contribution is -2.32. The van der Waals surface area contributed by atoms with Crippen molar-refractivity contribution in [1.82, 2.24) is 4.90 Å². The molecule has 0 aliphatic carbocycles. The van der Waals surface area contributed by atoms with Crippen LogP contribution in [0.4, 0.5) is 10.1 Å². The van der Waals surface area contributed by atoms with E-state index in [9.17, 15) is 19.3 Å². The first-order valence-corrected chi connectivity index (χ1v) is 7.03. The molecule has 1 aromatic carbocycles. The quantitative estimate of drug-likeness (QED) is 0.620. The number of benzene rings is 1. The fourth-order valence-electron chi connectivity index (χ4n) is 2.60. The molecule has 0 bridgehead atoms. The van der Waals surface area contributed by atoms with Crippen molar-refractivity contribution < 1.29 is 14.1 Å². The van der Waals surface area contributed by atoms with Crippen LogP contribution in [0.1, 0.15) is 43.5 Å². The number of hydrogen-bond acceptors (Lipinski definition) is 3. The molecule has 114 valence electrons. The minimum Gasteiger partial charge on any atom is -0.339 e. The van der Waals surface area contributed by atoms with Crippen LogP contribution in [0.15, 0.2) is 18.2 Å². The van der Waals surface area contributed by atoms with Gasteiger partial charge in [-0.3, -0.25) is 14.9 Å². The van der Waals surface area contributed by atoms with E-state index >= 15 is 0 Å². The van der Waals surface area contributed by atoms with Gasteiger partial charge in [0.25, 0.3) is 5.91 Å². The first-order chi connectivity index (χ1) is 9.80. The van der Waals surface area contributed by atoms with E-state index in [4.69, 9.17) is 0 Å². The fraction of sp³-hybridized carbons (Fsp3) is 0.533. The number of halogens is 1. The van der Waals surface area contributed by atoms with Gasteiger partial charge in [0.1, 0.15) is 0 Å². The molecule has 6 heteroatoms. The number of nitrogens with zero attached hydrogens (tertiary/aromatic N) is 2. The minimum atomic E-state index is -0.971. The van der Waals surface area contributed by atoms with Gasteiger partial charge >= 0.3 is 5.69 Å². The molecule has 1 fully saturated rings. The standard InChI is InChI=1S/C15H19FN2O3/c1-15(2)6-3-8-17(9-7-15)14(19)11-4-5-13(18(20)21)12(16)10-11/h4-5,10H,3,6-9H2,1-2H3. The normalized spacial score (nSPS) is 18.1. The van der Waals surface area contributed by atoms with Crippen molar-refractivity contribution >= 4 is 11.6 Å². The zero-order valence-corrected chi connectivity index (χ0v) is 12.3. The molecule has 0 saturated carbocycles. The number of amides is 1. The number of carbonyl (C=O) groups excluding carboxylic acids is 1. The molecular weight excluding hydrogens is 275 g/mol. The highest BCUT2D eigenvalue weighted by molar-refractivity contribution is 5.94. The molecule has 0 spiro atoms. The Balaban J connectivity index is 2.16. The summed E-state index contributed by atoms with van der Waals surface area (Å²) in [6.45, 7) is 5.62. The van der Waals surface area contributed by atoms with Gasteiger partial charge in [0.15, 0.2) is 0 Å². The van der Waals surface area contributed by atoms with Gasteiger partial charge in [-0.2, -0.15) is 4.39 Å². The van der Waals surface area contributed by atoms with E-state index in [1.807, 2.05) is 0 Å². The maximum atomic E-state index is 13.6. The lowest BCUT2D eigenvalue weighted by Gasteiger charge is -2.23. The Morgan fingerprint density at radius 3 is 2.67 bits per heavy atom. The van der Waals surface area contributed by atoms with Gasteiger partial charge in [-0.05, 0) is 36.8 Å². The average molecular weight is 294 g/mol. The number of carbonyl (C=O) groups is 1. The van der Waals surface area contributed by atoms with Crippen molar-refractivity contribution in [2.75, 3.05) is 13.1 Å². The molecule has 5 nitrogen and oxygen atoms in total. The Kier molecular flexibility index (Phi) is 4.25. The van der Waals surface area contributed by atoms with Crippen molar-refractivity contribution in [3.8, 4) is 0 Å². The third-order valence-corrected chi connectivity index (χ3v) is 4.02. The van der Waals surface area contributed by atoms with Gasteiger partial charge in [-0.15, -0.1) is 0 Å². The van der Waals surface area contributed by atoms with E-state index < -0.39 is 16.4 Å². The third-order valence-electron chi connectivity index (χ3n) is 4.02. The maximum Gasteiger partial charge on any atom is 0.304 e. The largest absolute Gasteiger partial charge is 0.339 e. The van der Waals surface area contributed by atoms with Gasteiger partial charge in [-0.25, -0.2) is 0 Å². The van der Waals surface area contributed by atoms with Crippen LogP contribution in [0.3, 0.4) is 0 Å². The first kappa shape index (κ1) is 15.4. The van der Waals surface area contributed by atoms with Gasteiger partial charge in [0, 0.05) is 24.7 Å². The highest BCUT2D eigenvalue weighted by Crippen LogP contribution is 2.30. The summed E-state index contributed by atoms with van der Waals surface area (Å²) in [7, 11) is 0. The Labute approximate surface area is 122 Å². The van der Waals surface area contributed by atoms with Gasteiger partial charge in [0.2, 0.25) is 5.82 Å². The molecule has 0 atom stereocenters. The molecule has 1 amide bonds. The number of rotatable bonds is 2. The highest BCUT2D eigenvalue weighted by Gasteiger charge is 2.26. The second-order valence-corrected chi connectivity index (χ2v) is 6.23. The summed E-state index contributed by atoms with van der Waals surface area (Å²) in [5.41, 5.74) is -0.239. The van der Waals surface area contributed by atoms with Gasteiger partial charge < -0.3 is 4.90 Å². The zero-order chi connectivity index (χ0) is 15.6. The molecule has 2 rings (SSSR count). The summed E-state index contributed by atoms with van der Waals surface area (Å²) in [6.07, 6.45) is 2.85. The lowest BCUT2D eigenvalue weighted by atomic mass is 9.85. The smallest absolute Gasteiger partial charge is 0.304 e. The van der Waals surface area contributed by atoms with Crippen LogP contribution in [-0.4, -0.2) is 28.8 Å². The molecule has 1 heterocycles. The molecule has 0 unspecified atom stereocenters. The van der Waals surface area contributed by atoms with E-state index in [1.54, 1.807) is 4.90 Å². The summed E-state index contributed by atoms with van der Waals surface area (Å²) < 4.78 is 13.6. The van der Waals surface area contributed by atoms with Crippen LogP contribution >= 0.6 is 0 Å². The minimum absolute atomic E-state index is 0.165. The Morgan fingerprint density at radius 1 is 1.33 bits per heavy atom. The maximum absolute atomic E-state index is 13.6. The number of nitro benzene ring substituents is 1. The molecule has 1 aliphatic rings.